The molecule has 0 aliphatic rings. The van der Waals surface area contributed by atoms with Crippen molar-refractivity contribution in [3.8, 4) is 0 Å². The molecule has 0 radical (unpaired) electrons. The zero-order chi connectivity index (χ0) is 13.6. The van der Waals surface area contributed by atoms with Crippen LogP contribution in [0.1, 0.15) is 0 Å². The lowest BCUT2D eigenvalue weighted by Crippen LogP contribution is -2.63. The monoisotopic (exact) mass is 287 g/mol. The molecule has 0 saturated carbocycles. The molecule has 0 aromatic heterocycles. The maximum absolute atomic E-state index is 12.2. The van der Waals surface area contributed by atoms with E-state index in [-0.39, 0.29) is 0 Å². The van der Waals surface area contributed by atoms with Crippen LogP contribution in [0.5, 0.6) is 0 Å². The minimum Gasteiger partial charge on any atom is -0.179 e. The molecule has 0 bridgehead atoms. The summed E-state index contributed by atoms with van der Waals surface area (Å²) >= 11 is 3.51. The molecule has 0 unspecified atom stereocenters. The fraction of sp³-hybridized carbons (Fsp3) is 1.00. The predicted molar refractivity (Wildman–Crippen MR) is 29.7 cm³/mol. The molecule has 0 aromatic carbocycles. The summed E-state index contributed by atoms with van der Waals surface area (Å²) in [5.74, 6) is 0. The van der Waals surface area contributed by atoms with Crippen LogP contribution in [0, 0.1) is 0 Å². The maximum atomic E-state index is 12.2. The van der Waals surface area contributed by atoms with E-state index in [0.717, 1.165) is 0 Å². The summed E-state index contributed by atoms with van der Waals surface area (Å²) in [5, 5.41) is -6.04. The third-order valence-electron chi connectivity index (χ3n) is 1.13. The van der Waals surface area contributed by atoms with E-state index in [1.165, 1.54) is 0 Å². The first-order valence-electron chi connectivity index (χ1n) is 3.00. The van der Waals surface area contributed by atoms with Crippen molar-refractivity contribution < 1.29 is 43.9 Å². The third kappa shape index (κ3) is 3.03. The first kappa shape index (κ1) is 15.5. The van der Waals surface area contributed by atoms with Gasteiger partial charge in [-0.2, -0.15) is 43.9 Å². The van der Waals surface area contributed by atoms with E-state index in [2.05, 4.69) is 11.6 Å². The Morgan fingerprint density at radius 1 is 0.625 bits per heavy atom. The largest absolute Gasteiger partial charge is 0.472 e. The van der Waals surface area contributed by atoms with Crippen LogP contribution < -0.4 is 0 Å². The quantitative estimate of drug-likeness (QED) is 0.425. The summed E-state index contributed by atoms with van der Waals surface area (Å²) in [7, 11) is 0. The molecule has 0 N–H and O–H groups in total. The molecule has 1 nitrogen and oxygen atoms in total. The fourth-order valence-corrected chi connectivity index (χ4v) is 0.673. The van der Waals surface area contributed by atoms with Gasteiger partial charge in [-0.3, -0.25) is 0 Å². The minimum absolute atomic E-state index is 3.51. The Labute approximate surface area is 85.6 Å². The molecule has 0 atom stereocenters. The van der Waals surface area contributed by atoms with Gasteiger partial charge in [-0.15, -0.1) is 0 Å². The highest BCUT2D eigenvalue weighted by molar-refractivity contribution is 6.22. The van der Waals surface area contributed by atoms with Gasteiger partial charge in [0.2, 0.25) is 0 Å². The van der Waals surface area contributed by atoms with Crippen LogP contribution in [0.15, 0.2) is 0 Å². The Hall–Kier alpha value is -0.450. The zero-order valence-electron chi connectivity index (χ0n) is 6.60. The standard InChI is InChI=1S/C4ClF10N/c5-1(6,7)2(8,9)16(3(10,11)12)4(13,14)15. The third-order valence-corrected chi connectivity index (χ3v) is 1.36. The summed E-state index contributed by atoms with van der Waals surface area (Å²) in [6, 6.07) is -6.66. The number of nitrogens with zero attached hydrogens (tertiary/aromatic N) is 1. The Balaban J connectivity index is 5.57. The van der Waals surface area contributed by atoms with Gasteiger partial charge in [-0.05, 0) is 11.6 Å². The summed E-state index contributed by atoms with van der Waals surface area (Å²) in [6.45, 7) is 0. The molecule has 16 heavy (non-hydrogen) atoms. The maximum Gasteiger partial charge on any atom is 0.472 e. The second-order valence-corrected chi connectivity index (χ2v) is 2.78. The number of alkyl halides is 11. The molecule has 98 valence electrons. The zero-order valence-corrected chi connectivity index (χ0v) is 7.36. The molecule has 0 spiro atoms. The average molecular weight is 287 g/mol. The van der Waals surface area contributed by atoms with Crippen LogP contribution in [-0.4, -0.2) is 28.9 Å². The van der Waals surface area contributed by atoms with Crippen LogP contribution in [0.3, 0.4) is 0 Å². The van der Waals surface area contributed by atoms with Crippen LogP contribution >= 0.6 is 11.6 Å². The van der Waals surface area contributed by atoms with Crippen LogP contribution in [-0.2, 0) is 0 Å². The molecule has 0 amide bonds. The van der Waals surface area contributed by atoms with Crippen molar-refractivity contribution in [3.05, 3.63) is 0 Å². The Morgan fingerprint density at radius 2 is 0.875 bits per heavy atom. The number of rotatable bonds is 2. The summed E-state index contributed by atoms with van der Waals surface area (Å²) < 4.78 is 117. The van der Waals surface area contributed by atoms with Gasteiger partial charge in [0.1, 0.15) is 0 Å². The lowest BCUT2D eigenvalue weighted by atomic mass is 10.5. The molecule has 0 aromatic rings. The van der Waals surface area contributed by atoms with Gasteiger partial charge >= 0.3 is 24.0 Å². The smallest absolute Gasteiger partial charge is 0.179 e. The SMILES string of the molecule is FC(F)(F)N(C(F)(F)F)C(F)(F)C(F)(F)Cl. The molecule has 0 saturated heterocycles. The molecule has 12 heteroatoms. The minimum atomic E-state index is -6.76. The highest BCUT2D eigenvalue weighted by atomic mass is 35.5. The summed E-state index contributed by atoms with van der Waals surface area (Å²) in [4.78, 5) is -3.57. The highest BCUT2D eigenvalue weighted by Crippen LogP contribution is 2.49. The van der Waals surface area contributed by atoms with Crippen molar-refractivity contribution >= 4 is 11.6 Å². The van der Waals surface area contributed by atoms with Crippen molar-refractivity contribution in [3.63, 3.8) is 0 Å². The first-order chi connectivity index (χ1) is 6.62. The lowest BCUT2D eigenvalue weighted by molar-refractivity contribution is -0.459. The average Bonchev–Trinajstić information content (AvgIpc) is 1.72. The summed E-state index contributed by atoms with van der Waals surface area (Å²) in [5.41, 5.74) is 0. The van der Waals surface area contributed by atoms with Gasteiger partial charge in [-0.25, -0.2) is 0 Å². The number of hydrogen-bond acceptors (Lipinski definition) is 1. The molecule has 0 aliphatic carbocycles. The number of halogens is 11. The molecule has 0 fully saturated rings. The van der Waals surface area contributed by atoms with E-state index in [0.29, 0.717) is 0 Å². The lowest BCUT2D eigenvalue weighted by Gasteiger charge is -2.34. The first-order valence-corrected chi connectivity index (χ1v) is 3.38. The van der Waals surface area contributed by atoms with Gasteiger partial charge in [0.25, 0.3) is 0 Å². The second kappa shape index (κ2) is 3.79. The van der Waals surface area contributed by atoms with Crippen molar-refractivity contribution in [2.75, 3.05) is 0 Å². The van der Waals surface area contributed by atoms with Gasteiger partial charge in [0.15, 0.2) is 0 Å². The van der Waals surface area contributed by atoms with E-state index in [4.69, 9.17) is 0 Å². The predicted octanol–water partition coefficient (Wildman–Crippen LogP) is 3.75. The van der Waals surface area contributed by atoms with Gasteiger partial charge in [0, 0.05) is 0 Å². The molecular formula is C4ClF10N. The number of hydrogen-bond donors (Lipinski definition) is 0. The van der Waals surface area contributed by atoms with Crippen LogP contribution in [0.4, 0.5) is 43.9 Å². The topological polar surface area (TPSA) is 3.24 Å². The van der Waals surface area contributed by atoms with E-state index in [1.54, 1.807) is 0 Å². The Morgan fingerprint density at radius 3 is 0.938 bits per heavy atom. The van der Waals surface area contributed by atoms with Crippen LogP contribution in [0.2, 0.25) is 0 Å². The van der Waals surface area contributed by atoms with Crippen molar-refractivity contribution in [2.24, 2.45) is 0 Å². The van der Waals surface area contributed by atoms with E-state index in [1.807, 2.05) is 0 Å². The van der Waals surface area contributed by atoms with Crippen LogP contribution in [0.25, 0.3) is 0 Å². The second-order valence-electron chi connectivity index (χ2n) is 2.31. The summed E-state index contributed by atoms with van der Waals surface area (Å²) in [6.07, 6.45) is -13.5. The molecule has 0 aliphatic heterocycles. The normalized spacial score (nSPS) is 15.8. The Bertz CT molecular complexity index is 233. The van der Waals surface area contributed by atoms with Gasteiger partial charge in [-0.1, -0.05) is 4.90 Å². The van der Waals surface area contributed by atoms with E-state index < -0.39 is 28.9 Å². The van der Waals surface area contributed by atoms with E-state index in [9.17, 15) is 43.9 Å². The highest BCUT2D eigenvalue weighted by Gasteiger charge is 2.74. The molecular weight excluding hydrogens is 287 g/mol. The van der Waals surface area contributed by atoms with Crippen molar-refractivity contribution in [1.29, 1.82) is 0 Å². The molecule has 0 heterocycles. The van der Waals surface area contributed by atoms with E-state index >= 15 is 0 Å². The van der Waals surface area contributed by atoms with Gasteiger partial charge in [0.05, 0.1) is 0 Å². The van der Waals surface area contributed by atoms with Gasteiger partial charge < -0.3 is 0 Å². The fourth-order valence-electron chi connectivity index (χ4n) is 0.589. The van der Waals surface area contributed by atoms with Crippen molar-refractivity contribution in [2.45, 2.75) is 24.0 Å². The van der Waals surface area contributed by atoms with Crippen molar-refractivity contribution in [1.82, 2.24) is 4.90 Å². The molecule has 0 rings (SSSR count). The Kier molecular flexibility index (Phi) is 3.68.